The molecule has 398 valence electrons. The monoisotopic (exact) mass is 983 g/mol. The molecule has 0 unspecified atom stereocenters. The third kappa shape index (κ3) is 29.3. The van der Waals surface area contributed by atoms with Gasteiger partial charge in [-0.15, -0.1) is 0 Å². The van der Waals surface area contributed by atoms with E-state index in [4.69, 9.17) is 13.6 Å². The van der Waals surface area contributed by atoms with Crippen molar-refractivity contribution >= 4 is 8.60 Å². The molecule has 0 bridgehead atoms. The van der Waals surface area contributed by atoms with Crippen LogP contribution in [0.25, 0.3) is 0 Å². The summed E-state index contributed by atoms with van der Waals surface area (Å²) in [6.45, 7) is 28.2. The summed E-state index contributed by atoms with van der Waals surface area (Å²) >= 11 is 0. The van der Waals surface area contributed by atoms with E-state index in [1.54, 1.807) is 0 Å². The largest absolute Gasteiger partial charge is 0.530 e. The van der Waals surface area contributed by atoms with Crippen LogP contribution in [0.4, 0.5) is 0 Å². The molecular weight excluding hydrogens is 872 g/mol. The molecule has 0 saturated heterocycles. The molecule has 3 nitrogen and oxygen atoms in total. The highest BCUT2D eigenvalue weighted by Crippen LogP contribution is 2.46. The lowest BCUT2D eigenvalue weighted by Gasteiger charge is -2.23. The Hall–Kier alpha value is -2.51. The molecule has 3 aromatic carbocycles. The average molecular weight is 984 g/mol. The topological polar surface area (TPSA) is 27.7 Å². The van der Waals surface area contributed by atoms with Crippen LogP contribution in [0.15, 0.2) is 54.6 Å². The van der Waals surface area contributed by atoms with Gasteiger partial charge in [-0.05, 0) is 164 Å². The van der Waals surface area contributed by atoms with Crippen molar-refractivity contribution < 1.29 is 13.6 Å². The predicted octanol–water partition coefficient (Wildman–Crippen LogP) is 22.0. The van der Waals surface area contributed by atoms with E-state index in [-0.39, 0.29) is 0 Å². The lowest BCUT2D eigenvalue weighted by molar-refractivity contribution is 0.381. The standard InChI is InChI=1S/C66H111O3P/c1-52(2)31-19-13-25-37-58-43-46-64(61(49-58)40-28-16-22-34-55(7)8)67-70(68-65-47-44-59(38-26-14-20-32-53(3)4)50-62(65)41-29-17-23-35-56(9)10)69-66-48-45-60(39-27-15-21-33-54(5)6)51-63(66)42-30-18-24-36-57(11)12/h43-57H,13-42H2,1-12H3. The van der Waals surface area contributed by atoms with Gasteiger partial charge in [0.1, 0.15) is 17.2 Å². The minimum absolute atomic E-state index is 0.748. The predicted molar refractivity (Wildman–Crippen MR) is 310 cm³/mol. The molecule has 0 aliphatic rings. The molecule has 0 aliphatic carbocycles. The zero-order valence-electron chi connectivity index (χ0n) is 48.0. The number of benzene rings is 3. The molecule has 0 spiro atoms. The number of hydrogen-bond donors (Lipinski definition) is 0. The second-order valence-electron chi connectivity index (χ2n) is 24.3. The van der Waals surface area contributed by atoms with Gasteiger partial charge < -0.3 is 13.6 Å². The van der Waals surface area contributed by atoms with Crippen LogP contribution in [-0.4, -0.2) is 0 Å². The molecule has 0 aliphatic heterocycles. The van der Waals surface area contributed by atoms with Gasteiger partial charge in [0, 0.05) is 0 Å². The number of hydrogen-bond acceptors (Lipinski definition) is 3. The minimum Gasteiger partial charge on any atom is -0.408 e. The summed E-state index contributed by atoms with van der Waals surface area (Å²) in [5, 5.41) is 0. The van der Waals surface area contributed by atoms with Crippen LogP contribution in [0, 0.1) is 35.5 Å². The molecule has 0 fully saturated rings. The number of aryl methyl sites for hydroxylation is 6. The van der Waals surface area contributed by atoms with E-state index in [2.05, 4.69) is 138 Å². The zero-order chi connectivity index (χ0) is 50.9. The molecule has 0 saturated carbocycles. The van der Waals surface area contributed by atoms with Gasteiger partial charge in [-0.1, -0.05) is 235 Å². The molecule has 0 atom stereocenters. The van der Waals surface area contributed by atoms with Crippen molar-refractivity contribution in [2.24, 2.45) is 35.5 Å². The Morgan fingerprint density at radius 3 is 0.700 bits per heavy atom. The normalized spacial score (nSPS) is 12.0. The second-order valence-corrected chi connectivity index (χ2v) is 25.3. The van der Waals surface area contributed by atoms with Crippen LogP contribution in [0.3, 0.4) is 0 Å². The van der Waals surface area contributed by atoms with E-state index in [0.29, 0.717) is 0 Å². The Kier molecular flexibility index (Phi) is 32.9. The maximum atomic E-state index is 7.22. The van der Waals surface area contributed by atoms with E-state index < -0.39 is 8.60 Å². The third-order valence-corrected chi connectivity index (χ3v) is 15.4. The molecule has 0 amide bonds. The van der Waals surface area contributed by atoms with Crippen molar-refractivity contribution in [1.82, 2.24) is 0 Å². The van der Waals surface area contributed by atoms with Crippen LogP contribution in [-0.2, 0) is 38.5 Å². The van der Waals surface area contributed by atoms with Gasteiger partial charge in [0.15, 0.2) is 0 Å². The fourth-order valence-corrected chi connectivity index (χ4v) is 11.0. The van der Waals surface area contributed by atoms with Crippen LogP contribution in [0.1, 0.15) is 271 Å². The maximum absolute atomic E-state index is 7.22. The molecular formula is C66H111O3P. The van der Waals surface area contributed by atoms with Gasteiger partial charge in [0.25, 0.3) is 0 Å². The van der Waals surface area contributed by atoms with E-state index >= 15 is 0 Å². The lowest BCUT2D eigenvalue weighted by Crippen LogP contribution is -2.07. The second kappa shape index (κ2) is 37.3. The zero-order valence-corrected chi connectivity index (χ0v) is 48.9. The molecule has 4 heteroatoms. The summed E-state index contributed by atoms with van der Waals surface area (Å²) in [5.41, 5.74) is 8.21. The van der Waals surface area contributed by atoms with Crippen LogP contribution < -0.4 is 13.6 Å². The van der Waals surface area contributed by atoms with Gasteiger partial charge in [-0.25, -0.2) is 0 Å². The van der Waals surface area contributed by atoms with Crippen molar-refractivity contribution in [3.8, 4) is 17.2 Å². The quantitative estimate of drug-likeness (QED) is 0.0418. The molecule has 3 aromatic rings. The Balaban J connectivity index is 2.05. The SMILES string of the molecule is CC(C)CCCCCc1ccc(OP(Oc2ccc(CCCCCC(C)C)cc2CCCCCC(C)C)Oc2ccc(CCCCCC(C)C)cc2CCCCCC(C)C)c(CCCCCC(C)C)c1. The van der Waals surface area contributed by atoms with Gasteiger partial charge in [0.2, 0.25) is 0 Å². The van der Waals surface area contributed by atoms with E-state index in [9.17, 15) is 0 Å². The summed E-state index contributed by atoms with van der Waals surface area (Å²) in [5.74, 6) is 7.37. The fourth-order valence-electron chi connectivity index (χ4n) is 9.82. The molecule has 0 N–H and O–H groups in total. The Bertz CT molecular complexity index is 1550. The molecule has 0 radical (unpaired) electrons. The van der Waals surface area contributed by atoms with Crippen LogP contribution in [0.5, 0.6) is 17.2 Å². The molecule has 0 aromatic heterocycles. The van der Waals surface area contributed by atoms with Crippen molar-refractivity contribution in [2.45, 2.75) is 276 Å². The highest BCUT2D eigenvalue weighted by atomic mass is 31.2. The van der Waals surface area contributed by atoms with E-state index in [0.717, 1.165) is 91.3 Å². The summed E-state index contributed by atoms with van der Waals surface area (Å²) in [4.78, 5) is 0. The first kappa shape index (κ1) is 61.8. The summed E-state index contributed by atoms with van der Waals surface area (Å²) < 4.78 is 21.7. The Morgan fingerprint density at radius 1 is 0.271 bits per heavy atom. The van der Waals surface area contributed by atoms with Crippen molar-refractivity contribution in [2.75, 3.05) is 0 Å². The van der Waals surface area contributed by atoms with Gasteiger partial charge in [0.05, 0.1) is 0 Å². The third-order valence-electron chi connectivity index (χ3n) is 14.3. The van der Waals surface area contributed by atoms with E-state index in [1.165, 1.54) is 187 Å². The lowest BCUT2D eigenvalue weighted by atomic mass is 9.98. The van der Waals surface area contributed by atoms with Crippen molar-refractivity contribution in [3.05, 3.63) is 88.0 Å². The number of rotatable bonds is 42. The highest BCUT2D eigenvalue weighted by Gasteiger charge is 2.25. The van der Waals surface area contributed by atoms with Crippen LogP contribution in [0.2, 0.25) is 0 Å². The van der Waals surface area contributed by atoms with Gasteiger partial charge >= 0.3 is 8.60 Å². The number of unbranched alkanes of at least 4 members (excludes halogenated alkanes) is 12. The van der Waals surface area contributed by atoms with Crippen molar-refractivity contribution in [1.29, 1.82) is 0 Å². The maximum Gasteiger partial charge on any atom is 0.530 e. The summed E-state index contributed by atoms with van der Waals surface area (Å²) in [7, 11) is -1.82. The fraction of sp³-hybridized carbons (Fsp3) is 0.727. The first-order chi connectivity index (χ1) is 33.7. The smallest absolute Gasteiger partial charge is 0.408 e. The molecule has 3 rings (SSSR count). The Morgan fingerprint density at radius 2 is 0.486 bits per heavy atom. The average Bonchev–Trinajstić information content (AvgIpc) is 3.29. The highest BCUT2D eigenvalue weighted by molar-refractivity contribution is 7.43. The van der Waals surface area contributed by atoms with Crippen molar-refractivity contribution in [3.63, 3.8) is 0 Å². The summed E-state index contributed by atoms with van der Waals surface area (Å²) in [6, 6.07) is 21.1. The molecule has 70 heavy (non-hydrogen) atoms. The Labute approximate surface area is 436 Å². The minimum atomic E-state index is -1.82. The molecule has 0 heterocycles. The van der Waals surface area contributed by atoms with Crippen LogP contribution >= 0.6 is 8.60 Å². The van der Waals surface area contributed by atoms with Gasteiger partial charge in [-0.2, -0.15) is 0 Å². The summed E-state index contributed by atoms with van der Waals surface area (Å²) in [6.07, 6.45) is 36.9. The van der Waals surface area contributed by atoms with E-state index in [1.807, 2.05) is 0 Å². The first-order valence-electron chi connectivity index (χ1n) is 29.9. The first-order valence-corrected chi connectivity index (χ1v) is 31.0. The van der Waals surface area contributed by atoms with Gasteiger partial charge in [-0.3, -0.25) is 0 Å².